The summed E-state index contributed by atoms with van der Waals surface area (Å²) in [7, 11) is 0. The molecule has 3 aromatic carbocycles. The fraction of sp³-hybridized carbons (Fsp3) is 0.0455. The van der Waals surface area contributed by atoms with E-state index in [1.807, 2.05) is 54.6 Å². The van der Waals surface area contributed by atoms with Crippen molar-refractivity contribution in [2.24, 2.45) is 0 Å². The Labute approximate surface area is 190 Å². The molecule has 4 aromatic rings. The van der Waals surface area contributed by atoms with Crippen LogP contribution in [0.25, 0.3) is 10.9 Å². The summed E-state index contributed by atoms with van der Waals surface area (Å²) >= 11 is 4.63. The molecule has 0 fully saturated rings. The number of nitrogens with one attached hydrogen (secondary N) is 1. The number of rotatable bonds is 6. The van der Waals surface area contributed by atoms with Gasteiger partial charge < -0.3 is 5.32 Å². The van der Waals surface area contributed by atoms with Gasteiger partial charge in [-0.05, 0) is 33.6 Å². The lowest BCUT2D eigenvalue weighted by molar-refractivity contribution is -0.384. The number of hydrogen-bond acceptors (Lipinski definition) is 6. The number of fused-ring (bicyclic) bond motifs is 1. The van der Waals surface area contributed by atoms with Crippen LogP contribution in [0.4, 0.5) is 11.4 Å². The number of halogens is 1. The van der Waals surface area contributed by atoms with Gasteiger partial charge in [0.25, 0.3) is 5.69 Å². The third-order valence-electron chi connectivity index (χ3n) is 4.50. The SMILES string of the molecule is O=C(Nc1ccc([N+](=O)[O-])cc1Br)[C@@H](Sc1ncnc2ccccc12)c1ccccc1. The summed E-state index contributed by atoms with van der Waals surface area (Å²) in [6.45, 7) is 0. The number of benzene rings is 3. The monoisotopic (exact) mass is 494 g/mol. The molecule has 0 unspecified atom stereocenters. The fourth-order valence-corrected chi connectivity index (χ4v) is 4.56. The van der Waals surface area contributed by atoms with Gasteiger partial charge in [0, 0.05) is 22.0 Å². The zero-order valence-electron chi connectivity index (χ0n) is 15.9. The van der Waals surface area contributed by atoms with Crippen molar-refractivity contribution >= 4 is 55.9 Å². The maximum Gasteiger partial charge on any atom is 0.270 e. The molecule has 1 N–H and O–H groups in total. The first-order valence-electron chi connectivity index (χ1n) is 9.19. The van der Waals surface area contributed by atoms with E-state index in [2.05, 4.69) is 31.2 Å². The molecule has 4 rings (SSSR count). The average molecular weight is 495 g/mol. The van der Waals surface area contributed by atoms with E-state index in [1.165, 1.54) is 36.3 Å². The predicted octanol–water partition coefficient (Wildman–Crippen LogP) is 5.77. The van der Waals surface area contributed by atoms with E-state index in [0.29, 0.717) is 15.2 Å². The Hall–Kier alpha value is -3.30. The van der Waals surface area contributed by atoms with Gasteiger partial charge in [-0.25, -0.2) is 9.97 Å². The topological polar surface area (TPSA) is 98.0 Å². The molecule has 0 aliphatic carbocycles. The van der Waals surface area contributed by atoms with Crippen molar-refractivity contribution in [1.82, 2.24) is 9.97 Å². The molecule has 1 heterocycles. The smallest absolute Gasteiger partial charge is 0.270 e. The predicted molar refractivity (Wildman–Crippen MR) is 124 cm³/mol. The molecule has 0 spiro atoms. The molecule has 0 radical (unpaired) electrons. The van der Waals surface area contributed by atoms with Crippen LogP contribution in [0.2, 0.25) is 0 Å². The summed E-state index contributed by atoms with van der Waals surface area (Å²) in [6.07, 6.45) is 1.48. The molecule has 9 heteroatoms. The van der Waals surface area contributed by atoms with E-state index in [4.69, 9.17) is 0 Å². The highest BCUT2D eigenvalue weighted by atomic mass is 79.9. The maximum absolute atomic E-state index is 13.3. The number of nitro benzene ring substituents is 1. The first-order valence-corrected chi connectivity index (χ1v) is 10.9. The van der Waals surface area contributed by atoms with Crippen molar-refractivity contribution in [3.05, 3.63) is 99.3 Å². The summed E-state index contributed by atoms with van der Waals surface area (Å²) in [5.74, 6) is -0.270. The number of aromatic nitrogens is 2. The Balaban J connectivity index is 1.67. The number of carbonyl (C=O) groups excluding carboxylic acids is 1. The molecule has 0 aliphatic rings. The molecule has 7 nitrogen and oxygen atoms in total. The van der Waals surface area contributed by atoms with Crippen LogP contribution in [-0.4, -0.2) is 20.8 Å². The van der Waals surface area contributed by atoms with E-state index in [-0.39, 0.29) is 11.6 Å². The van der Waals surface area contributed by atoms with Crippen LogP contribution in [0.5, 0.6) is 0 Å². The second-order valence-electron chi connectivity index (χ2n) is 6.52. The Bertz CT molecular complexity index is 1260. The molecule has 31 heavy (non-hydrogen) atoms. The van der Waals surface area contributed by atoms with E-state index in [1.54, 1.807) is 0 Å². The highest BCUT2D eigenvalue weighted by Crippen LogP contribution is 2.38. The van der Waals surface area contributed by atoms with E-state index in [0.717, 1.165) is 16.5 Å². The normalized spacial score (nSPS) is 11.8. The molecular weight excluding hydrogens is 480 g/mol. The van der Waals surface area contributed by atoms with Gasteiger partial charge in [0.1, 0.15) is 16.6 Å². The highest BCUT2D eigenvalue weighted by Gasteiger charge is 2.25. The minimum absolute atomic E-state index is 0.0636. The van der Waals surface area contributed by atoms with Gasteiger partial charge in [-0.15, -0.1) is 0 Å². The third kappa shape index (κ3) is 4.73. The van der Waals surface area contributed by atoms with Gasteiger partial charge in [0.15, 0.2) is 0 Å². The first-order chi connectivity index (χ1) is 15.0. The number of thioether (sulfide) groups is 1. The second kappa shape index (κ2) is 9.23. The van der Waals surface area contributed by atoms with Crippen molar-refractivity contribution < 1.29 is 9.72 Å². The number of amides is 1. The summed E-state index contributed by atoms with van der Waals surface area (Å²) in [5, 5.41) is 14.8. The highest BCUT2D eigenvalue weighted by molar-refractivity contribution is 9.10. The number of carbonyl (C=O) groups is 1. The minimum atomic E-state index is -0.596. The van der Waals surface area contributed by atoms with Crippen LogP contribution in [0.15, 0.2) is 88.6 Å². The van der Waals surface area contributed by atoms with Crippen molar-refractivity contribution in [3.63, 3.8) is 0 Å². The molecule has 0 aliphatic heterocycles. The molecular formula is C22H15BrN4O3S. The first kappa shape index (κ1) is 21.0. The molecule has 154 valence electrons. The summed E-state index contributed by atoms with van der Waals surface area (Å²) in [5.41, 5.74) is 1.99. The Kier molecular flexibility index (Phi) is 6.24. The standard InChI is InChI=1S/C22H15BrN4O3S/c23-17-12-15(27(29)30)10-11-19(17)26-21(28)20(14-6-2-1-3-7-14)31-22-16-8-4-5-9-18(16)24-13-25-22/h1-13,20H,(H,26,28)/t20-/m0/s1. The third-order valence-corrected chi connectivity index (χ3v) is 6.42. The van der Waals surface area contributed by atoms with Crippen LogP contribution in [0.1, 0.15) is 10.8 Å². The molecule has 1 aromatic heterocycles. The molecule has 0 saturated carbocycles. The number of para-hydroxylation sites is 1. The number of non-ortho nitro benzene ring substituents is 1. The summed E-state index contributed by atoms with van der Waals surface area (Å²) in [4.78, 5) is 32.5. The van der Waals surface area contributed by atoms with Crippen molar-refractivity contribution in [3.8, 4) is 0 Å². The fourth-order valence-electron chi connectivity index (χ4n) is 3.00. The number of nitrogens with zero attached hydrogens (tertiary/aromatic N) is 3. The molecule has 1 atom stereocenters. The molecule has 0 saturated heterocycles. The van der Waals surface area contributed by atoms with E-state index in [9.17, 15) is 14.9 Å². The average Bonchev–Trinajstić information content (AvgIpc) is 2.79. The van der Waals surface area contributed by atoms with Gasteiger partial charge >= 0.3 is 0 Å². The van der Waals surface area contributed by atoms with Gasteiger partial charge in [0.2, 0.25) is 5.91 Å². The van der Waals surface area contributed by atoms with Gasteiger partial charge in [0.05, 0.1) is 16.1 Å². The minimum Gasteiger partial charge on any atom is -0.324 e. The summed E-state index contributed by atoms with van der Waals surface area (Å²) < 4.78 is 0.430. The van der Waals surface area contributed by atoms with Crippen LogP contribution in [-0.2, 0) is 4.79 Å². The van der Waals surface area contributed by atoms with E-state index < -0.39 is 10.2 Å². The lowest BCUT2D eigenvalue weighted by Gasteiger charge is -2.18. The second-order valence-corrected chi connectivity index (χ2v) is 8.46. The Morgan fingerprint density at radius 2 is 1.77 bits per heavy atom. The number of nitro groups is 1. The maximum atomic E-state index is 13.3. The lowest BCUT2D eigenvalue weighted by Crippen LogP contribution is -2.19. The largest absolute Gasteiger partial charge is 0.324 e. The summed E-state index contributed by atoms with van der Waals surface area (Å²) in [6, 6.07) is 21.2. The van der Waals surface area contributed by atoms with Crippen molar-refractivity contribution in [1.29, 1.82) is 0 Å². The Morgan fingerprint density at radius 1 is 1.03 bits per heavy atom. The van der Waals surface area contributed by atoms with Crippen molar-refractivity contribution in [2.75, 3.05) is 5.32 Å². The number of anilines is 1. The van der Waals surface area contributed by atoms with Crippen LogP contribution < -0.4 is 5.32 Å². The Morgan fingerprint density at radius 3 is 2.52 bits per heavy atom. The molecule has 1 amide bonds. The van der Waals surface area contributed by atoms with Gasteiger partial charge in [-0.3, -0.25) is 14.9 Å². The molecule has 0 bridgehead atoms. The van der Waals surface area contributed by atoms with Gasteiger partial charge in [-0.2, -0.15) is 0 Å². The quantitative estimate of drug-likeness (QED) is 0.158. The van der Waals surface area contributed by atoms with Crippen LogP contribution in [0.3, 0.4) is 0 Å². The van der Waals surface area contributed by atoms with Gasteiger partial charge in [-0.1, -0.05) is 60.3 Å². The number of hydrogen-bond donors (Lipinski definition) is 1. The zero-order valence-corrected chi connectivity index (χ0v) is 18.3. The zero-order chi connectivity index (χ0) is 21.8. The lowest BCUT2D eigenvalue weighted by atomic mass is 10.1. The van der Waals surface area contributed by atoms with E-state index >= 15 is 0 Å². The van der Waals surface area contributed by atoms with Crippen LogP contribution >= 0.6 is 27.7 Å². The van der Waals surface area contributed by atoms with Crippen molar-refractivity contribution in [2.45, 2.75) is 10.3 Å². The van der Waals surface area contributed by atoms with Crippen LogP contribution in [0, 0.1) is 10.1 Å².